The normalized spacial score (nSPS) is 14.1. The number of hydrogen-bond donors (Lipinski definition) is 6. The lowest BCUT2D eigenvalue weighted by molar-refractivity contribution is 0.469. The van der Waals surface area contributed by atoms with E-state index in [-0.39, 0.29) is 16.9 Å². The molecule has 6 N–H and O–H groups in total. The van der Waals surface area contributed by atoms with Crippen molar-refractivity contribution in [2.24, 2.45) is 0 Å². The zero-order chi connectivity index (χ0) is 29.4. The Hall–Kier alpha value is -3.76. The molecule has 0 aromatic carbocycles. The first-order valence-corrected chi connectivity index (χ1v) is 16.2. The van der Waals surface area contributed by atoms with E-state index >= 15 is 0 Å². The van der Waals surface area contributed by atoms with Crippen molar-refractivity contribution in [2.75, 3.05) is 0 Å². The predicted octanol–water partition coefficient (Wildman–Crippen LogP) is 1.64. The maximum Gasteiger partial charge on any atom is 0.298 e. The number of nitrogens with one attached hydrogen (secondary N) is 2. The van der Waals surface area contributed by atoms with Gasteiger partial charge < -0.3 is 9.97 Å². The molecule has 2 aliphatic heterocycles. The molecule has 3 aromatic rings. The fourth-order valence-electron chi connectivity index (χ4n) is 4.11. The molecule has 0 unspecified atom stereocenters. The van der Waals surface area contributed by atoms with Gasteiger partial charge in [0.15, 0.2) is 0 Å². The van der Waals surface area contributed by atoms with Crippen molar-refractivity contribution in [3.8, 4) is 0 Å². The average Bonchev–Trinajstić information content (AvgIpc) is 3.53. The summed E-state index contributed by atoms with van der Waals surface area (Å²) in [5.74, 6) is 0. The minimum atomic E-state index is -5.76. The van der Waals surface area contributed by atoms with Gasteiger partial charge >= 0.3 is 0 Å². The van der Waals surface area contributed by atoms with Crippen LogP contribution in [-0.2, 0) is 40.5 Å². The van der Waals surface area contributed by atoms with Crippen molar-refractivity contribution in [1.82, 2.24) is 19.9 Å². The summed E-state index contributed by atoms with van der Waals surface area (Å²) >= 11 is 0. The Morgan fingerprint density at radius 2 is 0.975 bits per heavy atom. The largest absolute Gasteiger partial charge is 0.353 e. The molecule has 5 rings (SSSR count). The van der Waals surface area contributed by atoms with E-state index in [2.05, 4.69) is 19.9 Å². The van der Waals surface area contributed by atoms with Gasteiger partial charge in [0.05, 0.1) is 39.3 Å². The molecule has 0 spiro atoms. The molecule has 0 atom stereocenters. The van der Waals surface area contributed by atoms with Crippen LogP contribution in [0.4, 0.5) is 0 Å². The third-order valence-electron chi connectivity index (χ3n) is 5.50. The lowest BCUT2D eigenvalue weighted by Gasteiger charge is -2.03. The van der Waals surface area contributed by atoms with E-state index < -0.39 is 76.6 Å². The number of aromatic amines is 2. The highest BCUT2D eigenvalue weighted by Gasteiger charge is 2.35. The van der Waals surface area contributed by atoms with Crippen LogP contribution >= 0.6 is 0 Å². The fourth-order valence-corrected chi connectivity index (χ4v) is 7.86. The van der Waals surface area contributed by atoms with E-state index in [1.54, 1.807) is 6.08 Å². The van der Waals surface area contributed by atoms with Gasteiger partial charge in [-0.3, -0.25) is 18.2 Å². The number of nitrogens with zero attached hydrogens (tertiary/aromatic N) is 2. The monoisotopic (exact) mass is 630 g/mol. The van der Waals surface area contributed by atoms with Crippen LogP contribution < -0.4 is 0 Å². The molecule has 8 bridgehead atoms. The van der Waals surface area contributed by atoms with Gasteiger partial charge in [0.1, 0.15) is 19.6 Å². The van der Waals surface area contributed by atoms with E-state index in [1.807, 2.05) is 0 Å². The number of H-pyrrole nitrogens is 2. The summed E-state index contributed by atoms with van der Waals surface area (Å²) in [4.78, 5) is 6.76. The second-order valence-electron chi connectivity index (χ2n) is 8.29. The van der Waals surface area contributed by atoms with Gasteiger partial charge in [0, 0.05) is 5.52 Å². The van der Waals surface area contributed by atoms with Crippen LogP contribution in [0.3, 0.4) is 0 Å². The lowest BCUT2D eigenvalue weighted by atomic mass is 10.3. The summed E-state index contributed by atoms with van der Waals surface area (Å²) in [6.07, 6.45) is 5.85. The summed E-state index contributed by atoms with van der Waals surface area (Å²) in [6, 6.07) is 4.30. The molecule has 16 nitrogen and oxygen atoms in total. The lowest BCUT2D eigenvalue weighted by Crippen LogP contribution is -2.09. The quantitative estimate of drug-likeness (QED) is 0.154. The van der Waals surface area contributed by atoms with Crippen LogP contribution in [0, 0.1) is 0 Å². The van der Waals surface area contributed by atoms with E-state index in [4.69, 9.17) is 0 Å². The molecule has 5 heterocycles. The third-order valence-corrected chi connectivity index (χ3v) is 9.30. The Balaban J connectivity index is 2.23. The van der Waals surface area contributed by atoms with Gasteiger partial charge in [-0.15, -0.1) is 0 Å². The minimum absolute atomic E-state index is 0.0505. The van der Waals surface area contributed by atoms with Crippen molar-refractivity contribution in [3.63, 3.8) is 0 Å². The van der Waals surface area contributed by atoms with Crippen molar-refractivity contribution in [3.05, 3.63) is 47.0 Å². The first-order chi connectivity index (χ1) is 18.3. The minimum Gasteiger partial charge on any atom is -0.353 e. The van der Waals surface area contributed by atoms with Crippen molar-refractivity contribution in [2.45, 2.75) is 19.6 Å². The third kappa shape index (κ3) is 5.09. The molecule has 0 radical (unpaired) electrons. The molecular formula is C20H14N4O12S4. The number of rotatable bonds is 4. The number of fused-ring (bicyclic) bond motifs is 8. The van der Waals surface area contributed by atoms with Crippen molar-refractivity contribution >= 4 is 86.8 Å². The summed E-state index contributed by atoms with van der Waals surface area (Å²) < 4.78 is 139. The molecule has 0 saturated carbocycles. The smallest absolute Gasteiger partial charge is 0.298 e. The maximum atomic E-state index is 12.6. The molecule has 0 fully saturated rings. The maximum absolute atomic E-state index is 12.6. The van der Waals surface area contributed by atoms with Crippen LogP contribution in [0.25, 0.3) is 46.4 Å². The van der Waals surface area contributed by atoms with Crippen molar-refractivity contribution in [1.29, 1.82) is 0 Å². The van der Waals surface area contributed by atoms with E-state index in [1.165, 1.54) is 30.4 Å². The van der Waals surface area contributed by atoms with Crippen LogP contribution in [0.2, 0.25) is 0 Å². The summed E-state index contributed by atoms with van der Waals surface area (Å²) in [6.45, 7) is 0. The Morgan fingerprint density at radius 3 is 1.45 bits per heavy atom. The fraction of sp³-hybridized carbons (Fsp3) is 0. The summed E-state index contributed by atoms with van der Waals surface area (Å²) in [7, 11) is -22.4. The Kier molecular flexibility index (Phi) is 6.16. The molecule has 0 saturated heterocycles. The van der Waals surface area contributed by atoms with Crippen LogP contribution in [0.15, 0.2) is 43.8 Å². The van der Waals surface area contributed by atoms with Gasteiger partial charge in [0.2, 0.25) is 0 Å². The highest BCUT2D eigenvalue weighted by molar-refractivity contribution is 7.89. The second kappa shape index (κ2) is 8.87. The van der Waals surface area contributed by atoms with Crippen molar-refractivity contribution < 1.29 is 51.9 Å². The van der Waals surface area contributed by atoms with Gasteiger partial charge in [0.25, 0.3) is 40.5 Å². The van der Waals surface area contributed by atoms with Gasteiger partial charge in [-0.1, -0.05) is 0 Å². The highest BCUT2D eigenvalue weighted by Crippen LogP contribution is 2.36. The molecule has 20 heteroatoms. The second-order valence-corrected chi connectivity index (χ2v) is 13.8. The van der Waals surface area contributed by atoms with Gasteiger partial charge in [-0.05, 0) is 48.6 Å². The standard InChI is InChI=1S/C20H14N4O12S4/c25-37(26,27)15-8-13-6-11-2-1-9(21-11)5-10-3-4-12(22-10)7-14-18(38(28,29)30)20(40(34,35)36)17(24-14)19(16(15)23-13)39(31,32)33/h1-8,23-24H,(H,25,26,27)(H,28,29,30)(H,31,32,33)(H,34,35,36). The molecule has 210 valence electrons. The molecule has 2 aliphatic rings. The Morgan fingerprint density at radius 1 is 0.500 bits per heavy atom. The Bertz CT molecular complexity index is 2310. The summed E-state index contributed by atoms with van der Waals surface area (Å²) in [5, 5.41) is 0. The van der Waals surface area contributed by atoms with Crippen LogP contribution in [0.5, 0.6) is 0 Å². The van der Waals surface area contributed by atoms with Crippen LogP contribution in [0.1, 0.15) is 22.8 Å². The molecule has 40 heavy (non-hydrogen) atoms. The zero-order valence-electron chi connectivity index (χ0n) is 19.2. The first kappa shape index (κ1) is 27.8. The van der Waals surface area contributed by atoms with E-state index in [0.29, 0.717) is 11.4 Å². The number of hydrogen-bond acceptors (Lipinski definition) is 10. The van der Waals surface area contributed by atoms with Gasteiger partial charge in [-0.25, -0.2) is 9.97 Å². The number of aromatic nitrogens is 4. The SMILES string of the molecule is O=S(=O)(O)c1c(S(=O)(=O)O)c2[nH]c1cc1nc(cc3nc(cc4cc(S(=O)(=O)O)c([nH]4)c2S(=O)(=O)O)C=C3)C=C1. The van der Waals surface area contributed by atoms with Crippen LogP contribution in [-0.4, -0.2) is 71.8 Å². The van der Waals surface area contributed by atoms with Gasteiger partial charge in [-0.2, -0.15) is 33.7 Å². The molecular weight excluding hydrogens is 617 g/mol. The average molecular weight is 631 g/mol. The van der Waals surface area contributed by atoms with E-state index in [0.717, 1.165) is 12.1 Å². The zero-order valence-corrected chi connectivity index (χ0v) is 22.5. The molecule has 3 aromatic heterocycles. The predicted molar refractivity (Wildman–Crippen MR) is 138 cm³/mol. The first-order valence-electron chi connectivity index (χ1n) is 10.4. The summed E-state index contributed by atoms with van der Waals surface area (Å²) in [5.41, 5.74) is -2.75. The molecule has 0 aliphatic carbocycles. The Labute approximate surface area is 224 Å². The topological polar surface area (TPSA) is 275 Å². The van der Waals surface area contributed by atoms with E-state index in [9.17, 15) is 51.9 Å². The highest BCUT2D eigenvalue weighted by atomic mass is 32.2. The molecule has 0 amide bonds.